The van der Waals surface area contributed by atoms with Gasteiger partial charge in [0.25, 0.3) is 0 Å². The highest BCUT2D eigenvalue weighted by atomic mass is 79.9. The summed E-state index contributed by atoms with van der Waals surface area (Å²) in [6.45, 7) is 0.768. The maximum atomic E-state index is 9.32. The van der Waals surface area contributed by atoms with Gasteiger partial charge in [-0.15, -0.1) is 0 Å². The normalized spacial score (nSPS) is 21.3. The van der Waals surface area contributed by atoms with Gasteiger partial charge >= 0.3 is 0 Å². The van der Waals surface area contributed by atoms with Crippen LogP contribution in [0.1, 0.15) is 19.3 Å². The molecule has 1 N–H and O–H groups in total. The Labute approximate surface area is 97.1 Å². The molecule has 1 heterocycles. The predicted octanol–water partition coefficient (Wildman–Crippen LogP) is 3.06. The maximum absolute atomic E-state index is 9.32. The topological polar surface area (TPSA) is 38.7 Å². The highest BCUT2D eigenvalue weighted by molar-refractivity contribution is 9.10. The number of rotatable bonds is 2. The molecular weight excluding hydrogens is 260 g/mol. The lowest BCUT2D eigenvalue weighted by Gasteiger charge is -2.23. The van der Waals surface area contributed by atoms with Gasteiger partial charge < -0.3 is 14.6 Å². The van der Waals surface area contributed by atoms with Gasteiger partial charge in [0.1, 0.15) is 11.5 Å². The monoisotopic (exact) mass is 272 g/mol. The Kier molecular flexibility index (Phi) is 3.49. The van der Waals surface area contributed by atoms with E-state index in [4.69, 9.17) is 9.47 Å². The van der Waals surface area contributed by atoms with Crippen LogP contribution in [0.5, 0.6) is 11.5 Å². The first-order valence-corrected chi connectivity index (χ1v) is 5.82. The molecule has 1 atom stereocenters. The average Bonchev–Trinajstić information content (AvgIpc) is 2.25. The van der Waals surface area contributed by atoms with E-state index in [2.05, 4.69) is 15.9 Å². The molecule has 1 saturated heterocycles. The van der Waals surface area contributed by atoms with Crippen LogP contribution in [0.15, 0.2) is 22.7 Å². The minimum absolute atomic E-state index is 0.143. The molecule has 0 unspecified atom stereocenters. The Morgan fingerprint density at radius 2 is 2.27 bits per heavy atom. The van der Waals surface area contributed by atoms with E-state index >= 15 is 0 Å². The Morgan fingerprint density at radius 1 is 1.40 bits per heavy atom. The molecule has 1 fully saturated rings. The van der Waals surface area contributed by atoms with E-state index < -0.39 is 0 Å². The molecule has 0 spiro atoms. The van der Waals surface area contributed by atoms with E-state index in [1.165, 1.54) is 0 Å². The molecule has 0 aliphatic carbocycles. The third-order valence-corrected chi connectivity index (χ3v) is 2.96. The summed E-state index contributed by atoms with van der Waals surface area (Å²) < 4.78 is 11.7. The summed E-state index contributed by atoms with van der Waals surface area (Å²) in [6, 6.07) is 5.08. The van der Waals surface area contributed by atoms with Crippen molar-refractivity contribution in [3.63, 3.8) is 0 Å². The fourth-order valence-corrected chi connectivity index (χ4v) is 1.87. The zero-order chi connectivity index (χ0) is 10.7. The summed E-state index contributed by atoms with van der Waals surface area (Å²) in [5.74, 6) is 0.929. The van der Waals surface area contributed by atoms with E-state index in [1.54, 1.807) is 18.2 Å². The van der Waals surface area contributed by atoms with Crippen LogP contribution in [-0.2, 0) is 4.74 Å². The lowest BCUT2D eigenvalue weighted by molar-refractivity contribution is -0.105. The second-order valence-corrected chi connectivity index (χ2v) is 4.38. The van der Waals surface area contributed by atoms with Crippen LogP contribution in [0, 0.1) is 0 Å². The zero-order valence-electron chi connectivity index (χ0n) is 8.28. The van der Waals surface area contributed by atoms with E-state index in [0.717, 1.165) is 25.9 Å². The molecule has 3 nitrogen and oxygen atoms in total. The third-order valence-electron chi connectivity index (χ3n) is 2.32. The van der Waals surface area contributed by atoms with Gasteiger partial charge in [-0.05, 0) is 47.0 Å². The van der Waals surface area contributed by atoms with Crippen molar-refractivity contribution in [3.05, 3.63) is 22.7 Å². The van der Waals surface area contributed by atoms with E-state index in [1.807, 2.05) is 0 Å². The molecule has 1 aromatic rings. The van der Waals surface area contributed by atoms with Gasteiger partial charge in [0, 0.05) is 6.42 Å². The second kappa shape index (κ2) is 4.86. The molecule has 0 aromatic heterocycles. The smallest absolute Gasteiger partial charge is 0.199 e. The third kappa shape index (κ3) is 2.86. The average molecular weight is 273 g/mol. The molecule has 1 aliphatic rings. The number of phenolic OH excluding ortho intramolecular Hbond substituents is 1. The van der Waals surface area contributed by atoms with Crippen molar-refractivity contribution in [2.24, 2.45) is 0 Å². The highest BCUT2D eigenvalue weighted by Crippen LogP contribution is 2.29. The van der Waals surface area contributed by atoms with Gasteiger partial charge in [-0.2, -0.15) is 0 Å². The van der Waals surface area contributed by atoms with Crippen molar-refractivity contribution >= 4 is 15.9 Å². The minimum Gasteiger partial charge on any atom is -0.507 e. The molecule has 0 bridgehead atoms. The van der Waals surface area contributed by atoms with Crippen molar-refractivity contribution < 1.29 is 14.6 Å². The number of phenols is 1. The minimum atomic E-state index is -0.143. The lowest BCUT2D eigenvalue weighted by Crippen LogP contribution is -2.24. The molecule has 2 rings (SSSR count). The van der Waals surface area contributed by atoms with E-state index in [9.17, 15) is 5.11 Å². The summed E-state index contributed by atoms with van der Waals surface area (Å²) in [5, 5.41) is 9.32. The van der Waals surface area contributed by atoms with Crippen LogP contribution >= 0.6 is 15.9 Å². The molecule has 0 radical (unpaired) electrons. The molecule has 82 valence electrons. The van der Waals surface area contributed by atoms with Crippen LogP contribution in [0.2, 0.25) is 0 Å². The van der Waals surface area contributed by atoms with E-state index in [0.29, 0.717) is 10.2 Å². The summed E-state index contributed by atoms with van der Waals surface area (Å²) in [5.41, 5.74) is 0. The van der Waals surface area contributed by atoms with Gasteiger partial charge in [-0.1, -0.05) is 0 Å². The van der Waals surface area contributed by atoms with Crippen molar-refractivity contribution in [2.45, 2.75) is 25.6 Å². The van der Waals surface area contributed by atoms with Gasteiger partial charge in [0.15, 0.2) is 6.29 Å². The number of hydrogen-bond donors (Lipinski definition) is 1. The number of ether oxygens (including phenoxy) is 2. The highest BCUT2D eigenvalue weighted by Gasteiger charge is 2.15. The molecule has 15 heavy (non-hydrogen) atoms. The first-order valence-electron chi connectivity index (χ1n) is 5.02. The van der Waals surface area contributed by atoms with Crippen LogP contribution in [0.3, 0.4) is 0 Å². The molecule has 4 heteroatoms. The predicted molar refractivity (Wildman–Crippen MR) is 60.0 cm³/mol. The van der Waals surface area contributed by atoms with Crippen molar-refractivity contribution in [3.8, 4) is 11.5 Å². The summed E-state index contributed by atoms with van der Waals surface area (Å²) >= 11 is 3.24. The molecule has 1 aromatic carbocycles. The molecule has 1 aliphatic heterocycles. The van der Waals surface area contributed by atoms with Crippen molar-refractivity contribution in [2.75, 3.05) is 6.61 Å². The van der Waals surface area contributed by atoms with Crippen LogP contribution in [-0.4, -0.2) is 18.0 Å². The van der Waals surface area contributed by atoms with Gasteiger partial charge in [0.2, 0.25) is 0 Å². The standard InChI is InChI=1S/C11H13BrO3/c12-9-7-8(4-5-10(9)13)15-11-3-1-2-6-14-11/h4-5,7,11,13H,1-3,6H2/t11-/m1/s1. The zero-order valence-corrected chi connectivity index (χ0v) is 9.87. The number of benzene rings is 1. The van der Waals surface area contributed by atoms with Crippen LogP contribution in [0.25, 0.3) is 0 Å². The first-order chi connectivity index (χ1) is 7.25. The lowest BCUT2D eigenvalue weighted by atomic mass is 10.2. The number of aromatic hydroxyl groups is 1. The Bertz CT molecular complexity index is 335. The largest absolute Gasteiger partial charge is 0.507 e. The first kappa shape index (κ1) is 10.8. The molecule has 0 saturated carbocycles. The summed E-state index contributed by atoms with van der Waals surface area (Å²) in [7, 11) is 0. The van der Waals surface area contributed by atoms with Gasteiger partial charge in [0.05, 0.1) is 11.1 Å². The van der Waals surface area contributed by atoms with Crippen LogP contribution in [0.4, 0.5) is 0 Å². The maximum Gasteiger partial charge on any atom is 0.199 e. The van der Waals surface area contributed by atoms with Crippen molar-refractivity contribution in [1.29, 1.82) is 0 Å². The van der Waals surface area contributed by atoms with Gasteiger partial charge in [-0.3, -0.25) is 0 Å². The SMILES string of the molecule is Oc1ccc(O[C@@H]2CCCCO2)cc1Br. The quantitative estimate of drug-likeness (QED) is 0.900. The van der Waals surface area contributed by atoms with E-state index in [-0.39, 0.29) is 12.0 Å². The Balaban J connectivity index is 2.00. The number of hydrogen-bond acceptors (Lipinski definition) is 3. The van der Waals surface area contributed by atoms with Crippen molar-refractivity contribution in [1.82, 2.24) is 0 Å². The molecule has 0 amide bonds. The fraction of sp³-hybridized carbons (Fsp3) is 0.455. The van der Waals surface area contributed by atoms with Crippen LogP contribution < -0.4 is 4.74 Å². The molecular formula is C11H13BrO3. The summed E-state index contributed by atoms with van der Waals surface area (Å²) in [4.78, 5) is 0. The summed E-state index contributed by atoms with van der Waals surface area (Å²) in [6.07, 6.45) is 3.04. The fourth-order valence-electron chi connectivity index (χ4n) is 1.52. The second-order valence-electron chi connectivity index (χ2n) is 3.53. The van der Waals surface area contributed by atoms with Gasteiger partial charge in [-0.25, -0.2) is 0 Å². The number of halogens is 1. The Hall–Kier alpha value is -0.740. The Morgan fingerprint density at radius 3 is 2.93 bits per heavy atom.